The fourth-order valence-corrected chi connectivity index (χ4v) is 3.24. The lowest BCUT2D eigenvalue weighted by Gasteiger charge is -2.35. The van der Waals surface area contributed by atoms with Crippen molar-refractivity contribution in [2.75, 3.05) is 50.1 Å². The monoisotopic (exact) mass is 415 g/mol. The molecule has 1 N–H and O–H groups in total. The molecule has 1 amide bonds. The minimum atomic E-state index is -0.529. The molecule has 2 aromatic carbocycles. The number of anilines is 2. The summed E-state index contributed by atoms with van der Waals surface area (Å²) in [6.45, 7) is 2.86. The zero-order chi connectivity index (χ0) is 21.7. The van der Waals surface area contributed by atoms with E-state index >= 15 is 0 Å². The van der Waals surface area contributed by atoms with Crippen molar-refractivity contribution in [1.29, 1.82) is 0 Å². The van der Waals surface area contributed by atoms with Crippen molar-refractivity contribution in [2.24, 2.45) is 0 Å². The summed E-state index contributed by atoms with van der Waals surface area (Å²) in [5.74, 6) is -0.0218. The number of carbonyl (C=O) groups is 1. The van der Waals surface area contributed by atoms with Crippen LogP contribution in [-0.4, -0.2) is 60.5 Å². The number of hydrogen-bond acceptors (Lipinski definition) is 8. The summed E-state index contributed by atoms with van der Waals surface area (Å²) in [4.78, 5) is 37.2. The van der Waals surface area contributed by atoms with E-state index in [-0.39, 0.29) is 29.6 Å². The fraction of sp³-hybridized carbons (Fsp3) is 0.316. The second kappa shape index (κ2) is 9.18. The maximum atomic E-state index is 12.4. The Hall–Kier alpha value is -3.73. The molecule has 1 fully saturated rings. The Morgan fingerprint density at radius 3 is 2.17 bits per heavy atom. The highest BCUT2D eigenvalue weighted by Crippen LogP contribution is 2.29. The Labute approximate surface area is 172 Å². The van der Waals surface area contributed by atoms with E-state index < -0.39 is 9.85 Å². The first-order valence-electron chi connectivity index (χ1n) is 9.21. The number of nitrogens with one attached hydrogen (secondary N) is 1. The van der Waals surface area contributed by atoms with Gasteiger partial charge in [0.05, 0.1) is 35.3 Å². The lowest BCUT2D eigenvalue weighted by atomic mass is 10.2. The van der Waals surface area contributed by atoms with Crippen molar-refractivity contribution in [2.45, 2.75) is 0 Å². The van der Waals surface area contributed by atoms with Crippen LogP contribution < -0.4 is 15.0 Å². The Bertz CT molecular complexity index is 941. The lowest BCUT2D eigenvalue weighted by Crippen LogP contribution is -2.48. The van der Waals surface area contributed by atoms with Crippen molar-refractivity contribution in [1.82, 2.24) is 4.90 Å². The Morgan fingerprint density at radius 1 is 1.00 bits per heavy atom. The van der Waals surface area contributed by atoms with Crippen LogP contribution in [0.25, 0.3) is 0 Å². The van der Waals surface area contributed by atoms with Crippen LogP contribution in [0.3, 0.4) is 0 Å². The van der Waals surface area contributed by atoms with Gasteiger partial charge in [-0.1, -0.05) is 0 Å². The number of non-ortho nitro benzene ring substituents is 2. The number of nitro groups is 2. The molecule has 1 heterocycles. The third-order valence-corrected chi connectivity index (χ3v) is 4.84. The standard InChI is InChI=1S/C19H21N5O6/c1-30-18-12-16(24(28)29)6-7-17(18)20-19(25)13-21-8-10-22(11-9-21)14-2-4-15(5-3-14)23(26)27/h2-7,12H,8-11,13H2,1H3,(H,20,25). The van der Waals surface area contributed by atoms with Gasteiger partial charge in [0.2, 0.25) is 5.91 Å². The van der Waals surface area contributed by atoms with E-state index in [1.807, 2.05) is 4.90 Å². The predicted octanol–water partition coefficient (Wildman–Crippen LogP) is 2.27. The van der Waals surface area contributed by atoms with Crippen LogP contribution >= 0.6 is 0 Å². The molecule has 11 nitrogen and oxygen atoms in total. The molecule has 1 aliphatic rings. The topological polar surface area (TPSA) is 131 Å². The van der Waals surface area contributed by atoms with Gasteiger partial charge in [0.1, 0.15) is 5.75 Å². The minimum Gasteiger partial charge on any atom is -0.494 e. The number of carbonyl (C=O) groups excluding carboxylic acids is 1. The molecule has 1 saturated heterocycles. The SMILES string of the molecule is COc1cc([N+](=O)[O-])ccc1NC(=O)CN1CCN(c2ccc([N+](=O)[O-])cc2)CC1. The van der Waals surface area contributed by atoms with Crippen molar-refractivity contribution in [3.63, 3.8) is 0 Å². The van der Waals surface area contributed by atoms with Crippen molar-refractivity contribution < 1.29 is 19.4 Å². The molecular formula is C19H21N5O6. The van der Waals surface area contributed by atoms with Gasteiger partial charge in [0, 0.05) is 50.1 Å². The van der Waals surface area contributed by atoms with Gasteiger partial charge < -0.3 is 15.0 Å². The number of nitrogens with zero attached hydrogens (tertiary/aromatic N) is 4. The summed E-state index contributed by atoms with van der Waals surface area (Å²) < 4.78 is 5.13. The molecule has 2 aromatic rings. The molecule has 0 atom stereocenters. The van der Waals surface area contributed by atoms with Gasteiger partial charge in [0.25, 0.3) is 11.4 Å². The highest BCUT2D eigenvalue weighted by Gasteiger charge is 2.21. The molecule has 1 aliphatic heterocycles. The van der Waals surface area contributed by atoms with Gasteiger partial charge in [-0.05, 0) is 18.2 Å². The molecule has 158 valence electrons. The molecule has 0 radical (unpaired) electrons. The van der Waals surface area contributed by atoms with E-state index in [9.17, 15) is 25.0 Å². The maximum absolute atomic E-state index is 12.4. The molecule has 30 heavy (non-hydrogen) atoms. The van der Waals surface area contributed by atoms with Crippen LogP contribution in [0.2, 0.25) is 0 Å². The molecule has 0 bridgehead atoms. The van der Waals surface area contributed by atoms with E-state index in [0.717, 1.165) is 5.69 Å². The number of nitro benzene ring substituents is 2. The van der Waals surface area contributed by atoms with Gasteiger partial charge >= 0.3 is 0 Å². The highest BCUT2D eigenvalue weighted by atomic mass is 16.6. The smallest absolute Gasteiger partial charge is 0.273 e. The number of benzene rings is 2. The highest BCUT2D eigenvalue weighted by molar-refractivity contribution is 5.94. The van der Waals surface area contributed by atoms with Crippen molar-refractivity contribution in [3.8, 4) is 5.75 Å². The number of hydrogen-bond donors (Lipinski definition) is 1. The van der Waals surface area contributed by atoms with Crippen molar-refractivity contribution >= 4 is 28.7 Å². The number of rotatable bonds is 7. The first-order valence-corrected chi connectivity index (χ1v) is 9.21. The zero-order valence-corrected chi connectivity index (χ0v) is 16.3. The van der Waals surface area contributed by atoms with Crippen molar-refractivity contribution in [3.05, 3.63) is 62.7 Å². The number of piperazine rings is 1. The average molecular weight is 415 g/mol. The third-order valence-electron chi connectivity index (χ3n) is 4.84. The van der Waals surface area contributed by atoms with E-state index in [1.54, 1.807) is 12.1 Å². The normalized spacial score (nSPS) is 14.2. The quantitative estimate of drug-likeness (QED) is 0.538. The van der Waals surface area contributed by atoms with E-state index in [0.29, 0.717) is 31.9 Å². The Balaban J connectivity index is 1.53. The first kappa shape index (κ1) is 21.0. The van der Waals surface area contributed by atoms with Crippen LogP contribution in [0.15, 0.2) is 42.5 Å². The van der Waals surface area contributed by atoms with Crippen LogP contribution in [0.5, 0.6) is 5.75 Å². The molecule has 3 rings (SSSR count). The van der Waals surface area contributed by atoms with E-state index in [2.05, 4.69) is 10.2 Å². The number of amides is 1. The first-order chi connectivity index (χ1) is 14.4. The molecule has 0 aromatic heterocycles. The maximum Gasteiger partial charge on any atom is 0.273 e. The summed E-state index contributed by atoms with van der Waals surface area (Å²) >= 11 is 0. The molecular weight excluding hydrogens is 394 g/mol. The summed E-state index contributed by atoms with van der Waals surface area (Å²) in [7, 11) is 1.38. The van der Waals surface area contributed by atoms with Gasteiger partial charge in [-0.2, -0.15) is 0 Å². The van der Waals surface area contributed by atoms with Gasteiger partial charge in [-0.3, -0.25) is 29.9 Å². The van der Waals surface area contributed by atoms with Crippen LogP contribution in [-0.2, 0) is 4.79 Å². The second-order valence-electron chi connectivity index (χ2n) is 6.73. The molecule has 0 saturated carbocycles. The second-order valence-corrected chi connectivity index (χ2v) is 6.73. The summed E-state index contributed by atoms with van der Waals surface area (Å²) in [6, 6.07) is 10.4. The number of ether oxygens (including phenoxy) is 1. The Kier molecular flexibility index (Phi) is 6.42. The third kappa shape index (κ3) is 5.00. The predicted molar refractivity (Wildman–Crippen MR) is 110 cm³/mol. The van der Waals surface area contributed by atoms with Gasteiger partial charge in [0.15, 0.2) is 0 Å². The van der Waals surface area contributed by atoms with Crippen LogP contribution in [0.4, 0.5) is 22.7 Å². The Morgan fingerprint density at radius 2 is 1.60 bits per heavy atom. The summed E-state index contributed by atoms with van der Waals surface area (Å²) in [6.07, 6.45) is 0. The summed E-state index contributed by atoms with van der Waals surface area (Å²) in [5, 5.41) is 24.4. The molecule has 0 aliphatic carbocycles. The van der Waals surface area contributed by atoms with E-state index in [1.165, 1.54) is 37.4 Å². The van der Waals surface area contributed by atoms with Gasteiger partial charge in [-0.25, -0.2) is 0 Å². The van der Waals surface area contributed by atoms with Crippen LogP contribution in [0.1, 0.15) is 0 Å². The van der Waals surface area contributed by atoms with E-state index in [4.69, 9.17) is 4.74 Å². The molecule has 0 spiro atoms. The van der Waals surface area contributed by atoms with Crippen LogP contribution in [0, 0.1) is 20.2 Å². The minimum absolute atomic E-state index is 0.0516. The lowest BCUT2D eigenvalue weighted by molar-refractivity contribution is -0.385. The molecule has 11 heteroatoms. The number of methoxy groups -OCH3 is 1. The largest absolute Gasteiger partial charge is 0.494 e. The summed E-state index contributed by atoms with van der Waals surface area (Å²) in [5.41, 5.74) is 1.21. The average Bonchev–Trinajstić information content (AvgIpc) is 2.74. The fourth-order valence-electron chi connectivity index (χ4n) is 3.24. The molecule has 0 unspecified atom stereocenters. The zero-order valence-electron chi connectivity index (χ0n) is 16.3. The van der Waals surface area contributed by atoms with Gasteiger partial charge in [-0.15, -0.1) is 0 Å².